The summed E-state index contributed by atoms with van der Waals surface area (Å²) in [6, 6.07) is 0. The van der Waals surface area contributed by atoms with Crippen molar-refractivity contribution in [3.05, 3.63) is 12.2 Å². The van der Waals surface area contributed by atoms with Gasteiger partial charge in [-0.1, -0.05) is 0 Å². The predicted molar refractivity (Wildman–Crippen MR) is 40.5 cm³/mol. The van der Waals surface area contributed by atoms with Crippen molar-refractivity contribution in [3.8, 4) is 0 Å². The number of rotatable bonds is 2. The monoisotopic (exact) mass is 170 g/mol. The quantitative estimate of drug-likeness (QED) is 0.435. The third kappa shape index (κ3) is 1.31. The van der Waals surface area contributed by atoms with Crippen molar-refractivity contribution in [2.24, 2.45) is 0 Å². The van der Waals surface area contributed by atoms with E-state index in [1.54, 1.807) is 0 Å². The van der Waals surface area contributed by atoms with Gasteiger partial charge < -0.3 is 9.47 Å². The number of allylic oxidation sites excluding steroid dienone is 1. The highest BCUT2D eigenvalue weighted by Crippen LogP contribution is 2.20. The molecule has 0 radical (unpaired) electrons. The number of ether oxygens (including phenoxy) is 2. The highest BCUT2D eigenvalue weighted by Gasteiger charge is 2.39. The first-order chi connectivity index (χ1) is 5.64. The third-order valence-electron chi connectivity index (χ3n) is 1.82. The van der Waals surface area contributed by atoms with Gasteiger partial charge in [0, 0.05) is 14.2 Å². The first-order valence-electron chi connectivity index (χ1n) is 3.50. The number of hydrogen-bond acceptors (Lipinski definition) is 4. The van der Waals surface area contributed by atoms with E-state index in [1.165, 1.54) is 26.4 Å². The molecule has 1 aliphatic carbocycles. The van der Waals surface area contributed by atoms with E-state index in [1.807, 2.05) is 0 Å². The summed E-state index contributed by atoms with van der Waals surface area (Å²) in [4.78, 5) is 22.0. The van der Waals surface area contributed by atoms with Gasteiger partial charge in [-0.15, -0.1) is 0 Å². The Kier molecular flexibility index (Phi) is 2.40. The molecule has 0 N–H and O–H groups in total. The molecule has 0 aromatic carbocycles. The zero-order valence-electron chi connectivity index (χ0n) is 6.99. The Morgan fingerprint density at radius 1 is 1.33 bits per heavy atom. The fourth-order valence-corrected chi connectivity index (χ4v) is 1.08. The van der Waals surface area contributed by atoms with Crippen LogP contribution in [0.15, 0.2) is 12.2 Å². The van der Waals surface area contributed by atoms with Crippen molar-refractivity contribution in [1.29, 1.82) is 0 Å². The molecular formula is C8H10O4. The Bertz CT molecular complexity index is 237. The molecule has 4 heteroatoms. The third-order valence-corrected chi connectivity index (χ3v) is 1.82. The van der Waals surface area contributed by atoms with Crippen LogP contribution in [-0.2, 0) is 19.1 Å². The first kappa shape index (κ1) is 9.09. The lowest BCUT2D eigenvalue weighted by atomic mass is 9.99. The van der Waals surface area contributed by atoms with E-state index in [4.69, 9.17) is 9.47 Å². The molecule has 0 bridgehead atoms. The zero-order chi connectivity index (χ0) is 9.19. The van der Waals surface area contributed by atoms with E-state index in [-0.39, 0.29) is 18.0 Å². The minimum Gasteiger partial charge on any atom is -0.344 e. The van der Waals surface area contributed by atoms with Crippen LogP contribution in [0.2, 0.25) is 0 Å². The number of carbonyl (C=O) groups is 2. The predicted octanol–water partition coefficient (Wildman–Crippen LogP) is 0.0736. The molecular weight excluding hydrogens is 160 g/mol. The SMILES string of the molecule is COC1(OC)C=CC(=O)CC1=O. The zero-order valence-corrected chi connectivity index (χ0v) is 6.99. The smallest absolute Gasteiger partial charge is 0.249 e. The van der Waals surface area contributed by atoms with Gasteiger partial charge in [0.05, 0.1) is 6.42 Å². The molecule has 0 saturated carbocycles. The second kappa shape index (κ2) is 3.16. The van der Waals surface area contributed by atoms with E-state index in [0.717, 1.165) is 0 Å². The average molecular weight is 170 g/mol. The lowest BCUT2D eigenvalue weighted by molar-refractivity contribution is -0.187. The molecule has 0 aromatic rings. The Labute approximate surface area is 70.1 Å². The molecule has 0 heterocycles. The maximum atomic E-state index is 11.3. The van der Waals surface area contributed by atoms with E-state index in [2.05, 4.69) is 0 Å². The van der Waals surface area contributed by atoms with Gasteiger partial charge in [-0.2, -0.15) is 0 Å². The normalized spacial score (nSPS) is 21.5. The van der Waals surface area contributed by atoms with Crippen molar-refractivity contribution in [2.75, 3.05) is 14.2 Å². The van der Waals surface area contributed by atoms with Gasteiger partial charge in [0.2, 0.25) is 11.6 Å². The first-order valence-corrected chi connectivity index (χ1v) is 3.50. The summed E-state index contributed by atoms with van der Waals surface area (Å²) in [5.41, 5.74) is 0. The van der Waals surface area contributed by atoms with Crippen LogP contribution in [0, 0.1) is 0 Å². The molecule has 0 aromatic heterocycles. The van der Waals surface area contributed by atoms with Crippen LogP contribution in [0.4, 0.5) is 0 Å². The summed E-state index contributed by atoms with van der Waals surface area (Å²) in [5, 5.41) is 0. The Morgan fingerprint density at radius 3 is 2.33 bits per heavy atom. The molecule has 0 unspecified atom stereocenters. The fraction of sp³-hybridized carbons (Fsp3) is 0.500. The van der Waals surface area contributed by atoms with Crippen LogP contribution in [0.25, 0.3) is 0 Å². The summed E-state index contributed by atoms with van der Waals surface area (Å²) >= 11 is 0. The summed E-state index contributed by atoms with van der Waals surface area (Å²) < 4.78 is 9.76. The second-order valence-corrected chi connectivity index (χ2v) is 2.48. The fourth-order valence-electron chi connectivity index (χ4n) is 1.08. The molecule has 0 spiro atoms. The molecule has 0 aliphatic heterocycles. The molecule has 66 valence electrons. The van der Waals surface area contributed by atoms with Gasteiger partial charge in [0.1, 0.15) is 0 Å². The van der Waals surface area contributed by atoms with Gasteiger partial charge in [0.25, 0.3) is 0 Å². The van der Waals surface area contributed by atoms with Crippen LogP contribution < -0.4 is 0 Å². The van der Waals surface area contributed by atoms with Gasteiger partial charge in [0.15, 0.2) is 5.78 Å². The minimum absolute atomic E-state index is 0.155. The van der Waals surface area contributed by atoms with E-state index >= 15 is 0 Å². The molecule has 1 rings (SSSR count). The maximum Gasteiger partial charge on any atom is 0.249 e. The lowest BCUT2D eigenvalue weighted by Crippen LogP contribution is -2.43. The molecule has 1 aliphatic rings. The number of Topliss-reactive ketones (excluding diaryl/α,β-unsaturated/α-hetero) is 1. The van der Waals surface area contributed by atoms with Crippen LogP contribution in [0.5, 0.6) is 0 Å². The van der Waals surface area contributed by atoms with Gasteiger partial charge in [-0.3, -0.25) is 9.59 Å². The van der Waals surface area contributed by atoms with E-state index < -0.39 is 5.79 Å². The largest absolute Gasteiger partial charge is 0.344 e. The van der Waals surface area contributed by atoms with E-state index in [0.29, 0.717) is 0 Å². The van der Waals surface area contributed by atoms with Crippen molar-refractivity contribution in [2.45, 2.75) is 12.2 Å². The van der Waals surface area contributed by atoms with Crippen molar-refractivity contribution in [3.63, 3.8) is 0 Å². The Morgan fingerprint density at radius 2 is 1.92 bits per heavy atom. The van der Waals surface area contributed by atoms with Crippen molar-refractivity contribution in [1.82, 2.24) is 0 Å². The Hall–Kier alpha value is -1.00. The summed E-state index contributed by atoms with van der Waals surface area (Å²) in [6.45, 7) is 0. The summed E-state index contributed by atoms with van der Waals surface area (Å²) in [7, 11) is 2.73. The Balaban J connectivity index is 2.96. The number of methoxy groups -OCH3 is 2. The highest BCUT2D eigenvalue weighted by atomic mass is 16.7. The molecule has 0 fully saturated rings. The van der Waals surface area contributed by atoms with Gasteiger partial charge in [-0.25, -0.2) is 0 Å². The summed E-state index contributed by atoms with van der Waals surface area (Å²) in [6.07, 6.45) is 2.48. The molecule has 0 amide bonds. The standard InChI is InChI=1S/C8H10O4/c1-11-8(12-2)4-3-6(9)5-7(8)10/h3-4H,5H2,1-2H3. The topological polar surface area (TPSA) is 52.6 Å². The van der Waals surface area contributed by atoms with Crippen LogP contribution >= 0.6 is 0 Å². The summed E-state index contributed by atoms with van der Waals surface area (Å²) in [5.74, 6) is -1.92. The van der Waals surface area contributed by atoms with Crippen LogP contribution in [0.3, 0.4) is 0 Å². The molecule has 0 atom stereocenters. The van der Waals surface area contributed by atoms with Gasteiger partial charge >= 0.3 is 0 Å². The van der Waals surface area contributed by atoms with E-state index in [9.17, 15) is 9.59 Å². The number of hydrogen-bond donors (Lipinski definition) is 0. The maximum absolute atomic E-state index is 11.3. The second-order valence-electron chi connectivity index (χ2n) is 2.48. The van der Waals surface area contributed by atoms with Crippen molar-refractivity contribution < 1.29 is 19.1 Å². The molecule has 0 saturated heterocycles. The number of carbonyl (C=O) groups excluding carboxylic acids is 2. The van der Waals surface area contributed by atoms with Crippen molar-refractivity contribution >= 4 is 11.6 Å². The number of ketones is 2. The van der Waals surface area contributed by atoms with Crippen LogP contribution in [0.1, 0.15) is 6.42 Å². The molecule has 4 nitrogen and oxygen atoms in total. The average Bonchev–Trinajstić information content (AvgIpc) is 2.06. The van der Waals surface area contributed by atoms with Gasteiger partial charge in [-0.05, 0) is 12.2 Å². The van der Waals surface area contributed by atoms with Crippen LogP contribution in [-0.4, -0.2) is 31.6 Å². The molecule has 12 heavy (non-hydrogen) atoms. The lowest BCUT2D eigenvalue weighted by Gasteiger charge is -2.27. The highest BCUT2D eigenvalue weighted by molar-refractivity contribution is 6.10. The minimum atomic E-state index is -1.34.